The highest BCUT2D eigenvalue weighted by Crippen LogP contribution is 2.27. The zero-order chi connectivity index (χ0) is 13.2. The molecule has 0 saturated carbocycles. The predicted molar refractivity (Wildman–Crippen MR) is 80.7 cm³/mol. The number of halogens is 1. The molecule has 1 aromatic carbocycles. The van der Waals surface area contributed by atoms with E-state index in [0.717, 1.165) is 23.7 Å². The molecule has 0 bridgehead atoms. The van der Waals surface area contributed by atoms with Gasteiger partial charge >= 0.3 is 0 Å². The molecule has 0 aliphatic heterocycles. The van der Waals surface area contributed by atoms with Crippen molar-refractivity contribution in [1.82, 2.24) is 9.55 Å². The lowest BCUT2D eigenvalue weighted by atomic mass is 10.0. The molecule has 0 saturated heterocycles. The van der Waals surface area contributed by atoms with Crippen molar-refractivity contribution < 1.29 is 0 Å². The number of rotatable bonds is 3. The van der Waals surface area contributed by atoms with Gasteiger partial charge in [-0.05, 0) is 56.3 Å². The Bertz CT molecular complexity index is 589. The van der Waals surface area contributed by atoms with Crippen molar-refractivity contribution in [3.8, 4) is 5.69 Å². The van der Waals surface area contributed by atoms with Gasteiger partial charge in [0.05, 0.1) is 17.7 Å². The normalized spacial score (nSPS) is 14.4. The Labute approximate surface area is 122 Å². The molecule has 100 valence electrons. The summed E-state index contributed by atoms with van der Waals surface area (Å²) in [6, 6.07) is 6.40. The molecule has 0 amide bonds. The number of nitrogens with zero attached hydrogens (tertiary/aromatic N) is 2. The van der Waals surface area contributed by atoms with Crippen molar-refractivity contribution in [2.24, 2.45) is 5.73 Å². The standard InChI is InChI=1S/C15H18BrN3/c16-12-6-5-11(7-8-17)15(9-12)19-10-18-13-3-1-2-4-14(13)19/h5-6,9-10H,1-4,7-8,17H2. The highest BCUT2D eigenvalue weighted by Gasteiger charge is 2.17. The molecular weight excluding hydrogens is 302 g/mol. The number of imidazole rings is 1. The fourth-order valence-electron chi connectivity index (χ4n) is 2.80. The lowest BCUT2D eigenvalue weighted by Gasteiger charge is -2.17. The molecular formula is C15H18BrN3. The molecule has 2 aromatic rings. The maximum atomic E-state index is 5.72. The first-order valence-corrected chi connectivity index (χ1v) is 7.63. The summed E-state index contributed by atoms with van der Waals surface area (Å²) in [4.78, 5) is 4.58. The van der Waals surface area contributed by atoms with Crippen molar-refractivity contribution in [2.75, 3.05) is 6.54 Å². The van der Waals surface area contributed by atoms with Gasteiger partial charge in [-0.1, -0.05) is 22.0 Å². The van der Waals surface area contributed by atoms with Gasteiger partial charge in [0.1, 0.15) is 0 Å². The van der Waals surface area contributed by atoms with Gasteiger partial charge < -0.3 is 10.3 Å². The van der Waals surface area contributed by atoms with Gasteiger partial charge in [0.25, 0.3) is 0 Å². The molecule has 19 heavy (non-hydrogen) atoms. The largest absolute Gasteiger partial charge is 0.330 e. The second-order valence-electron chi connectivity index (χ2n) is 5.03. The predicted octanol–water partition coefficient (Wildman–Crippen LogP) is 3.01. The highest BCUT2D eigenvalue weighted by atomic mass is 79.9. The van der Waals surface area contributed by atoms with Crippen molar-refractivity contribution in [3.63, 3.8) is 0 Å². The molecule has 0 spiro atoms. The van der Waals surface area contributed by atoms with E-state index in [1.165, 1.54) is 35.5 Å². The summed E-state index contributed by atoms with van der Waals surface area (Å²) in [7, 11) is 0. The monoisotopic (exact) mass is 319 g/mol. The number of hydrogen-bond acceptors (Lipinski definition) is 2. The van der Waals surface area contributed by atoms with E-state index in [0.29, 0.717) is 6.54 Å². The SMILES string of the molecule is NCCc1ccc(Br)cc1-n1cnc2c1CCCC2. The maximum Gasteiger partial charge on any atom is 0.0997 e. The first-order chi connectivity index (χ1) is 9.29. The minimum absolute atomic E-state index is 0.672. The van der Waals surface area contributed by atoms with Crippen LogP contribution in [0, 0.1) is 0 Å². The average Bonchev–Trinajstić information content (AvgIpc) is 2.85. The Hall–Kier alpha value is -1.13. The Kier molecular flexibility index (Phi) is 3.71. The number of fused-ring (bicyclic) bond motifs is 1. The van der Waals surface area contributed by atoms with Crippen LogP contribution in [0.5, 0.6) is 0 Å². The molecule has 4 heteroatoms. The smallest absolute Gasteiger partial charge is 0.0997 e. The number of benzene rings is 1. The quantitative estimate of drug-likeness (QED) is 0.945. The third kappa shape index (κ3) is 2.47. The van der Waals surface area contributed by atoms with Crippen LogP contribution in [0.3, 0.4) is 0 Å². The summed E-state index contributed by atoms with van der Waals surface area (Å²) in [5.41, 5.74) is 10.9. The van der Waals surface area contributed by atoms with Gasteiger partial charge in [-0.25, -0.2) is 4.98 Å². The fourth-order valence-corrected chi connectivity index (χ4v) is 3.15. The molecule has 0 fully saturated rings. The van der Waals surface area contributed by atoms with Gasteiger partial charge in [0, 0.05) is 10.2 Å². The van der Waals surface area contributed by atoms with Crippen molar-refractivity contribution >= 4 is 15.9 Å². The minimum atomic E-state index is 0.672. The van der Waals surface area contributed by atoms with Crippen molar-refractivity contribution in [1.29, 1.82) is 0 Å². The van der Waals surface area contributed by atoms with Gasteiger partial charge in [0.15, 0.2) is 0 Å². The molecule has 0 atom stereocenters. The molecule has 3 nitrogen and oxygen atoms in total. The summed E-state index contributed by atoms with van der Waals surface area (Å²) in [5, 5.41) is 0. The van der Waals surface area contributed by atoms with Crippen LogP contribution in [0.15, 0.2) is 29.0 Å². The van der Waals surface area contributed by atoms with E-state index in [4.69, 9.17) is 5.73 Å². The Morgan fingerprint density at radius 2 is 2.11 bits per heavy atom. The van der Waals surface area contributed by atoms with Crippen LogP contribution in [-0.2, 0) is 19.3 Å². The Balaban J connectivity index is 2.10. The number of hydrogen-bond donors (Lipinski definition) is 1. The molecule has 1 aromatic heterocycles. The number of aryl methyl sites for hydroxylation is 1. The lowest BCUT2D eigenvalue weighted by molar-refractivity contribution is 0.655. The van der Waals surface area contributed by atoms with Crippen LogP contribution in [0.1, 0.15) is 29.8 Å². The lowest BCUT2D eigenvalue weighted by Crippen LogP contribution is -2.10. The minimum Gasteiger partial charge on any atom is -0.330 e. The molecule has 1 heterocycles. The van der Waals surface area contributed by atoms with E-state index in [1.54, 1.807) is 0 Å². The summed E-state index contributed by atoms with van der Waals surface area (Å²) in [5.74, 6) is 0. The molecule has 1 aliphatic carbocycles. The Morgan fingerprint density at radius 1 is 1.26 bits per heavy atom. The van der Waals surface area contributed by atoms with Crippen molar-refractivity contribution in [3.05, 3.63) is 46.0 Å². The maximum absolute atomic E-state index is 5.72. The molecule has 3 rings (SSSR count). The summed E-state index contributed by atoms with van der Waals surface area (Å²) in [6.07, 6.45) is 7.64. The third-order valence-electron chi connectivity index (χ3n) is 3.75. The molecule has 0 unspecified atom stereocenters. The molecule has 1 aliphatic rings. The van der Waals surface area contributed by atoms with Crippen LogP contribution in [-0.4, -0.2) is 16.1 Å². The summed E-state index contributed by atoms with van der Waals surface area (Å²) in [6.45, 7) is 0.672. The van der Waals surface area contributed by atoms with E-state index < -0.39 is 0 Å². The van der Waals surface area contributed by atoms with Crippen LogP contribution in [0.25, 0.3) is 5.69 Å². The second-order valence-corrected chi connectivity index (χ2v) is 5.94. The third-order valence-corrected chi connectivity index (χ3v) is 4.24. The van der Waals surface area contributed by atoms with Crippen LogP contribution >= 0.6 is 15.9 Å². The van der Waals surface area contributed by atoms with E-state index >= 15 is 0 Å². The zero-order valence-electron chi connectivity index (χ0n) is 10.9. The summed E-state index contributed by atoms with van der Waals surface area (Å²) < 4.78 is 3.35. The van der Waals surface area contributed by atoms with E-state index in [-0.39, 0.29) is 0 Å². The van der Waals surface area contributed by atoms with E-state index in [1.807, 2.05) is 6.33 Å². The highest BCUT2D eigenvalue weighted by molar-refractivity contribution is 9.10. The molecule has 2 N–H and O–H groups in total. The average molecular weight is 320 g/mol. The van der Waals surface area contributed by atoms with E-state index in [9.17, 15) is 0 Å². The first-order valence-electron chi connectivity index (χ1n) is 6.83. The second kappa shape index (κ2) is 5.47. The van der Waals surface area contributed by atoms with Gasteiger partial charge in [-0.15, -0.1) is 0 Å². The van der Waals surface area contributed by atoms with Crippen molar-refractivity contribution in [2.45, 2.75) is 32.1 Å². The zero-order valence-corrected chi connectivity index (χ0v) is 12.5. The fraction of sp³-hybridized carbons (Fsp3) is 0.400. The van der Waals surface area contributed by atoms with Gasteiger partial charge in [-0.2, -0.15) is 0 Å². The summed E-state index contributed by atoms with van der Waals surface area (Å²) >= 11 is 3.56. The first kappa shape index (κ1) is 12.9. The molecule has 0 radical (unpaired) electrons. The van der Waals surface area contributed by atoms with Crippen LogP contribution < -0.4 is 5.73 Å². The number of aromatic nitrogens is 2. The Morgan fingerprint density at radius 3 is 2.95 bits per heavy atom. The van der Waals surface area contributed by atoms with Crippen LogP contribution in [0.2, 0.25) is 0 Å². The van der Waals surface area contributed by atoms with Crippen LogP contribution in [0.4, 0.5) is 0 Å². The van der Waals surface area contributed by atoms with Gasteiger partial charge in [0.2, 0.25) is 0 Å². The topological polar surface area (TPSA) is 43.8 Å². The number of nitrogens with two attached hydrogens (primary N) is 1. The van der Waals surface area contributed by atoms with E-state index in [2.05, 4.69) is 43.7 Å². The van der Waals surface area contributed by atoms with Gasteiger partial charge in [-0.3, -0.25) is 0 Å².